The third-order valence-electron chi connectivity index (χ3n) is 4.53. The molecule has 0 aliphatic rings. The number of para-hydroxylation sites is 1. The Morgan fingerprint density at radius 2 is 1.84 bits per heavy atom. The summed E-state index contributed by atoms with van der Waals surface area (Å²) in [6.07, 6.45) is 1.69. The number of rotatable bonds is 10. The Morgan fingerprint density at radius 1 is 1.06 bits per heavy atom. The van der Waals surface area contributed by atoms with Crippen molar-refractivity contribution in [2.45, 2.75) is 37.3 Å². The summed E-state index contributed by atoms with van der Waals surface area (Å²) in [5.74, 6) is 2.99. The van der Waals surface area contributed by atoms with Gasteiger partial charge in [-0.3, -0.25) is 4.57 Å². The van der Waals surface area contributed by atoms with Gasteiger partial charge >= 0.3 is 0 Å². The molecule has 4 aromatic rings. The molecule has 32 heavy (non-hydrogen) atoms. The van der Waals surface area contributed by atoms with Crippen LogP contribution in [0.3, 0.4) is 0 Å². The largest absolute Gasteiger partial charge is 0.497 e. The maximum atomic E-state index is 14.6. The number of benzene rings is 2. The summed E-state index contributed by atoms with van der Waals surface area (Å²) in [4.78, 5) is 4.37. The van der Waals surface area contributed by atoms with Crippen molar-refractivity contribution in [1.82, 2.24) is 24.9 Å². The van der Waals surface area contributed by atoms with E-state index in [1.807, 2.05) is 0 Å². The second-order valence-electron chi connectivity index (χ2n) is 6.79. The minimum absolute atomic E-state index is 0.107. The fourth-order valence-corrected chi connectivity index (χ4v) is 3.78. The Hall–Kier alpha value is -3.40. The van der Waals surface area contributed by atoms with Gasteiger partial charge in [-0.15, -0.1) is 10.2 Å². The van der Waals surface area contributed by atoms with Gasteiger partial charge in [0, 0.05) is 6.42 Å². The van der Waals surface area contributed by atoms with E-state index in [2.05, 4.69) is 27.3 Å². The molecule has 8 nitrogen and oxygen atoms in total. The Balaban J connectivity index is 1.55. The van der Waals surface area contributed by atoms with Gasteiger partial charge in [0.1, 0.15) is 23.9 Å². The number of aromatic nitrogens is 5. The van der Waals surface area contributed by atoms with E-state index in [4.69, 9.17) is 14.0 Å². The summed E-state index contributed by atoms with van der Waals surface area (Å²) in [5.41, 5.74) is 0.338. The lowest BCUT2D eigenvalue weighted by Crippen LogP contribution is -2.08. The number of thioether (sulfide) groups is 1. The number of halogens is 1. The minimum atomic E-state index is -0.386. The van der Waals surface area contributed by atoms with Crippen LogP contribution in [0.25, 0.3) is 5.69 Å². The Kier molecular flexibility index (Phi) is 7.00. The van der Waals surface area contributed by atoms with Crippen LogP contribution in [-0.4, -0.2) is 32.0 Å². The molecule has 0 aliphatic carbocycles. The van der Waals surface area contributed by atoms with Crippen LogP contribution < -0.4 is 9.47 Å². The van der Waals surface area contributed by atoms with Gasteiger partial charge in [0.15, 0.2) is 16.8 Å². The molecule has 10 heteroatoms. The van der Waals surface area contributed by atoms with Crippen molar-refractivity contribution in [2.24, 2.45) is 0 Å². The highest BCUT2D eigenvalue weighted by Crippen LogP contribution is 2.27. The summed E-state index contributed by atoms with van der Waals surface area (Å²) < 4.78 is 32.6. The van der Waals surface area contributed by atoms with Gasteiger partial charge in [0.2, 0.25) is 5.89 Å². The molecule has 2 aromatic heterocycles. The molecule has 4 rings (SSSR count). The fourth-order valence-electron chi connectivity index (χ4n) is 2.98. The highest BCUT2D eigenvalue weighted by Gasteiger charge is 2.19. The Bertz CT molecular complexity index is 1160. The van der Waals surface area contributed by atoms with E-state index in [1.165, 1.54) is 17.8 Å². The molecule has 0 N–H and O–H groups in total. The summed E-state index contributed by atoms with van der Waals surface area (Å²) in [6, 6.07) is 13.7. The van der Waals surface area contributed by atoms with Crippen molar-refractivity contribution in [3.8, 4) is 17.2 Å². The van der Waals surface area contributed by atoms with Crippen LogP contribution in [0.4, 0.5) is 4.39 Å². The topological polar surface area (TPSA) is 88.1 Å². The standard InChI is InChI=1S/C22H22FN5O3S/c1-3-6-19-24-21(31-27-19)14-32-22-26-25-20(28(22)18-8-5-4-7-17(18)23)13-30-16-11-9-15(29-2)10-12-16/h4-5,7-12H,3,6,13-14H2,1-2H3. The predicted octanol–water partition coefficient (Wildman–Crippen LogP) is 4.62. The second kappa shape index (κ2) is 10.3. The first-order valence-corrected chi connectivity index (χ1v) is 11.1. The number of aryl methyl sites for hydroxylation is 1. The number of hydrogen-bond acceptors (Lipinski definition) is 8. The van der Waals surface area contributed by atoms with E-state index >= 15 is 0 Å². The lowest BCUT2D eigenvalue weighted by atomic mass is 10.3. The van der Waals surface area contributed by atoms with Crippen LogP contribution >= 0.6 is 11.8 Å². The van der Waals surface area contributed by atoms with Gasteiger partial charge in [-0.05, 0) is 42.8 Å². The zero-order valence-corrected chi connectivity index (χ0v) is 18.5. The van der Waals surface area contributed by atoms with Gasteiger partial charge < -0.3 is 14.0 Å². The molecule has 166 valence electrons. The van der Waals surface area contributed by atoms with Crippen molar-refractivity contribution in [1.29, 1.82) is 0 Å². The molecule has 0 amide bonds. The van der Waals surface area contributed by atoms with Crippen molar-refractivity contribution in [2.75, 3.05) is 7.11 Å². The zero-order valence-electron chi connectivity index (χ0n) is 17.7. The first-order valence-electron chi connectivity index (χ1n) is 10.1. The molecule has 0 spiro atoms. The number of methoxy groups -OCH3 is 1. The number of ether oxygens (including phenoxy) is 2. The summed E-state index contributed by atoms with van der Waals surface area (Å²) in [5, 5.41) is 13.0. The van der Waals surface area contributed by atoms with Gasteiger partial charge in [0.05, 0.1) is 18.6 Å². The molecule has 2 aromatic carbocycles. The Labute approximate surface area is 188 Å². The number of hydrogen-bond donors (Lipinski definition) is 0. The summed E-state index contributed by atoms with van der Waals surface area (Å²) in [7, 11) is 1.60. The molecule has 0 atom stereocenters. The maximum Gasteiger partial charge on any atom is 0.237 e. The predicted molar refractivity (Wildman–Crippen MR) is 116 cm³/mol. The zero-order chi connectivity index (χ0) is 22.3. The molecule has 0 saturated heterocycles. The number of nitrogens with zero attached hydrogens (tertiary/aromatic N) is 5. The van der Waals surface area contributed by atoms with Gasteiger partial charge in [-0.25, -0.2) is 4.39 Å². The van der Waals surface area contributed by atoms with Crippen LogP contribution in [0, 0.1) is 5.82 Å². The van der Waals surface area contributed by atoms with Crippen molar-refractivity contribution >= 4 is 11.8 Å². The van der Waals surface area contributed by atoms with Crippen molar-refractivity contribution in [3.63, 3.8) is 0 Å². The fraction of sp³-hybridized carbons (Fsp3) is 0.273. The summed E-state index contributed by atoms with van der Waals surface area (Å²) in [6.45, 7) is 2.16. The van der Waals surface area contributed by atoms with Crippen molar-refractivity contribution < 1.29 is 18.4 Å². The quantitative estimate of drug-likeness (QED) is 0.320. The highest BCUT2D eigenvalue weighted by atomic mass is 32.2. The average Bonchev–Trinajstić information content (AvgIpc) is 3.44. The van der Waals surface area contributed by atoms with Gasteiger partial charge in [-0.2, -0.15) is 4.98 Å². The molecule has 0 fully saturated rings. The van der Waals surface area contributed by atoms with Gasteiger partial charge in [-0.1, -0.05) is 36.0 Å². The molecular weight excluding hydrogens is 433 g/mol. The van der Waals surface area contributed by atoms with E-state index in [1.54, 1.807) is 54.1 Å². The van der Waals surface area contributed by atoms with E-state index in [9.17, 15) is 4.39 Å². The highest BCUT2D eigenvalue weighted by molar-refractivity contribution is 7.98. The smallest absolute Gasteiger partial charge is 0.237 e. The first kappa shape index (κ1) is 21.8. The Morgan fingerprint density at radius 3 is 2.59 bits per heavy atom. The van der Waals surface area contributed by atoms with Crippen LogP contribution in [0.2, 0.25) is 0 Å². The van der Waals surface area contributed by atoms with Gasteiger partial charge in [0.25, 0.3) is 0 Å². The molecule has 0 aliphatic heterocycles. The minimum Gasteiger partial charge on any atom is -0.497 e. The van der Waals surface area contributed by atoms with Crippen LogP contribution in [0.15, 0.2) is 58.2 Å². The SMILES string of the molecule is CCCc1noc(CSc2nnc(COc3ccc(OC)cc3)n2-c2ccccc2F)n1. The third kappa shape index (κ3) is 5.08. The lowest BCUT2D eigenvalue weighted by Gasteiger charge is -2.12. The summed E-state index contributed by atoms with van der Waals surface area (Å²) >= 11 is 1.34. The van der Waals surface area contributed by atoms with E-state index in [-0.39, 0.29) is 12.4 Å². The molecule has 0 radical (unpaired) electrons. The maximum absolute atomic E-state index is 14.6. The van der Waals surface area contributed by atoms with E-state index < -0.39 is 0 Å². The van der Waals surface area contributed by atoms with Crippen LogP contribution in [0.1, 0.15) is 30.9 Å². The second-order valence-corrected chi connectivity index (χ2v) is 7.74. The normalized spacial score (nSPS) is 11.0. The first-order chi connectivity index (χ1) is 15.7. The molecule has 2 heterocycles. The van der Waals surface area contributed by atoms with E-state index in [0.29, 0.717) is 39.9 Å². The molecule has 0 saturated carbocycles. The average molecular weight is 456 g/mol. The van der Waals surface area contributed by atoms with Crippen LogP contribution in [-0.2, 0) is 18.8 Å². The molecule has 0 bridgehead atoms. The third-order valence-corrected chi connectivity index (χ3v) is 5.44. The monoisotopic (exact) mass is 455 g/mol. The molecule has 0 unspecified atom stereocenters. The van der Waals surface area contributed by atoms with E-state index in [0.717, 1.165) is 18.6 Å². The van der Waals surface area contributed by atoms with Crippen molar-refractivity contribution in [3.05, 3.63) is 71.9 Å². The molecular formula is C22H22FN5O3S. The lowest BCUT2D eigenvalue weighted by molar-refractivity contribution is 0.292. The van der Waals surface area contributed by atoms with Crippen LogP contribution in [0.5, 0.6) is 11.5 Å².